The first-order valence-electron chi connectivity index (χ1n) is 6.91. The fourth-order valence-corrected chi connectivity index (χ4v) is 2.53. The minimum Gasteiger partial charge on any atom is -0.494 e. The summed E-state index contributed by atoms with van der Waals surface area (Å²) in [6.45, 7) is 3.19. The largest absolute Gasteiger partial charge is 0.494 e. The number of ether oxygens (including phenoxy) is 1. The van der Waals surface area contributed by atoms with Crippen molar-refractivity contribution in [2.24, 2.45) is 0 Å². The van der Waals surface area contributed by atoms with Crippen LogP contribution in [0, 0.1) is 0 Å². The van der Waals surface area contributed by atoms with Gasteiger partial charge in [-0.2, -0.15) is 11.8 Å². The number of thioether (sulfide) groups is 1. The van der Waals surface area contributed by atoms with Gasteiger partial charge >= 0.3 is 0 Å². The van der Waals surface area contributed by atoms with Crippen molar-refractivity contribution in [1.82, 2.24) is 5.32 Å². The average molecular weight is 305 g/mol. The molecule has 0 aliphatic heterocycles. The zero-order valence-electron chi connectivity index (χ0n) is 12.0. The monoisotopic (exact) mass is 305 g/mol. The summed E-state index contributed by atoms with van der Waals surface area (Å²) in [4.78, 5) is 11.9. The van der Waals surface area contributed by atoms with Gasteiger partial charge in [0.1, 0.15) is 11.5 Å². The van der Waals surface area contributed by atoms with Crippen LogP contribution >= 0.6 is 11.8 Å². The fourth-order valence-electron chi connectivity index (χ4n) is 1.78. The average Bonchev–Trinajstić information content (AvgIpc) is 3.01. The second kappa shape index (κ2) is 8.42. The number of furan rings is 1. The van der Waals surface area contributed by atoms with Crippen molar-refractivity contribution in [1.29, 1.82) is 0 Å². The molecule has 1 N–H and O–H groups in total. The highest BCUT2D eigenvalue weighted by atomic mass is 32.2. The SMILES string of the molecule is CCOc1ccc(C(=O)NCCSCc2ccco2)cc1. The Labute approximate surface area is 128 Å². The maximum absolute atomic E-state index is 11.9. The van der Waals surface area contributed by atoms with Crippen molar-refractivity contribution in [2.45, 2.75) is 12.7 Å². The molecule has 0 spiro atoms. The number of benzene rings is 1. The van der Waals surface area contributed by atoms with Crippen LogP contribution in [-0.2, 0) is 5.75 Å². The molecular weight excluding hydrogens is 286 g/mol. The molecule has 4 nitrogen and oxygen atoms in total. The highest BCUT2D eigenvalue weighted by Crippen LogP contribution is 2.13. The van der Waals surface area contributed by atoms with Gasteiger partial charge in [-0.1, -0.05) is 0 Å². The number of nitrogens with one attached hydrogen (secondary N) is 1. The summed E-state index contributed by atoms with van der Waals surface area (Å²) in [5.41, 5.74) is 0.648. The first kappa shape index (κ1) is 15.5. The maximum atomic E-state index is 11.9. The molecule has 1 aromatic heterocycles. The molecule has 0 radical (unpaired) electrons. The van der Waals surface area contributed by atoms with Gasteiger partial charge in [-0.05, 0) is 43.3 Å². The predicted octanol–water partition coefficient (Wildman–Crippen LogP) is 3.34. The first-order valence-corrected chi connectivity index (χ1v) is 8.06. The molecule has 0 saturated carbocycles. The lowest BCUT2D eigenvalue weighted by atomic mass is 10.2. The minimum absolute atomic E-state index is 0.0587. The van der Waals surface area contributed by atoms with Crippen molar-refractivity contribution in [2.75, 3.05) is 18.9 Å². The highest BCUT2D eigenvalue weighted by Gasteiger charge is 2.05. The second-order valence-corrected chi connectivity index (χ2v) is 5.45. The summed E-state index contributed by atoms with van der Waals surface area (Å²) in [7, 11) is 0. The van der Waals surface area contributed by atoms with Crippen LogP contribution < -0.4 is 10.1 Å². The van der Waals surface area contributed by atoms with Gasteiger partial charge in [-0.25, -0.2) is 0 Å². The number of amides is 1. The molecule has 21 heavy (non-hydrogen) atoms. The number of carbonyl (C=O) groups is 1. The summed E-state index contributed by atoms with van der Waals surface area (Å²) >= 11 is 1.73. The van der Waals surface area contributed by atoms with Gasteiger partial charge in [0.25, 0.3) is 5.91 Å². The number of carbonyl (C=O) groups excluding carboxylic acids is 1. The van der Waals surface area contributed by atoms with Crippen LogP contribution in [0.4, 0.5) is 0 Å². The van der Waals surface area contributed by atoms with Crippen molar-refractivity contribution in [3.63, 3.8) is 0 Å². The first-order chi connectivity index (χ1) is 10.3. The molecule has 0 aliphatic carbocycles. The Morgan fingerprint density at radius 1 is 1.29 bits per heavy atom. The third-order valence-corrected chi connectivity index (χ3v) is 3.77. The molecule has 0 fully saturated rings. The van der Waals surface area contributed by atoms with Crippen LogP contribution in [0.15, 0.2) is 47.1 Å². The van der Waals surface area contributed by atoms with Gasteiger partial charge in [0.2, 0.25) is 0 Å². The van der Waals surface area contributed by atoms with Crippen LogP contribution in [0.25, 0.3) is 0 Å². The van der Waals surface area contributed by atoms with E-state index < -0.39 is 0 Å². The molecule has 0 saturated heterocycles. The third-order valence-electron chi connectivity index (χ3n) is 2.78. The van der Waals surface area contributed by atoms with Crippen LogP contribution in [0.2, 0.25) is 0 Å². The molecular formula is C16H19NO3S. The Bertz CT molecular complexity index is 537. The zero-order chi connectivity index (χ0) is 14.9. The van der Waals surface area contributed by atoms with E-state index in [1.165, 1.54) is 0 Å². The Kier molecular flexibility index (Phi) is 6.22. The van der Waals surface area contributed by atoms with Crippen LogP contribution in [0.3, 0.4) is 0 Å². The van der Waals surface area contributed by atoms with Gasteiger partial charge in [0.15, 0.2) is 0 Å². The number of hydrogen-bond donors (Lipinski definition) is 1. The van der Waals surface area contributed by atoms with Crippen molar-refractivity contribution in [3.05, 3.63) is 54.0 Å². The Balaban J connectivity index is 1.66. The van der Waals surface area contributed by atoms with E-state index >= 15 is 0 Å². The summed E-state index contributed by atoms with van der Waals surface area (Å²) in [6.07, 6.45) is 1.67. The lowest BCUT2D eigenvalue weighted by molar-refractivity contribution is 0.0956. The standard InChI is InChI=1S/C16H19NO3S/c1-2-19-14-7-5-13(6-8-14)16(18)17-9-11-21-12-15-4-3-10-20-15/h3-8,10H,2,9,11-12H2,1H3,(H,17,18). The van der Waals surface area contributed by atoms with E-state index in [4.69, 9.17) is 9.15 Å². The summed E-state index contributed by atoms with van der Waals surface area (Å²) < 4.78 is 10.6. The number of hydrogen-bond acceptors (Lipinski definition) is 4. The van der Waals surface area contributed by atoms with E-state index in [1.807, 2.05) is 31.2 Å². The molecule has 2 rings (SSSR count). The maximum Gasteiger partial charge on any atom is 0.251 e. The van der Waals surface area contributed by atoms with E-state index in [1.54, 1.807) is 30.2 Å². The molecule has 0 bridgehead atoms. The lowest BCUT2D eigenvalue weighted by Gasteiger charge is -2.06. The van der Waals surface area contributed by atoms with Crippen LogP contribution in [0.1, 0.15) is 23.0 Å². The molecule has 5 heteroatoms. The molecule has 0 atom stereocenters. The van der Waals surface area contributed by atoms with Gasteiger partial charge in [0.05, 0.1) is 18.6 Å². The van der Waals surface area contributed by atoms with E-state index in [0.717, 1.165) is 23.0 Å². The molecule has 2 aromatic rings. The van der Waals surface area contributed by atoms with E-state index in [9.17, 15) is 4.79 Å². The van der Waals surface area contributed by atoms with Crippen molar-refractivity contribution < 1.29 is 13.9 Å². The summed E-state index contributed by atoms with van der Waals surface area (Å²) in [6, 6.07) is 11.0. The quantitative estimate of drug-likeness (QED) is 0.760. The van der Waals surface area contributed by atoms with Crippen molar-refractivity contribution >= 4 is 17.7 Å². The predicted molar refractivity (Wildman–Crippen MR) is 84.8 cm³/mol. The van der Waals surface area contributed by atoms with E-state index in [-0.39, 0.29) is 5.91 Å². The van der Waals surface area contributed by atoms with Gasteiger partial charge < -0.3 is 14.5 Å². The molecule has 0 aliphatic rings. The molecule has 1 amide bonds. The summed E-state index contributed by atoms with van der Waals surface area (Å²) in [5, 5.41) is 2.90. The van der Waals surface area contributed by atoms with Gasteiger partial charge in [0, 0.05) is 17.9 Å². The Morgan fingerprint density at radius 2 is 2.10 bits per heavy atom. The summed E-state index contributed by atoms with van der Waals surface area (Å²) in [5.74, 6) is 3.35. The number of rotatable bonds is 8. The van der Waals surface area contributed by atoms with Crippen LogP contribution in [0.5, 0.6) is 5.75 Å². The van der Waals surface area contributed by atoms with Gasteiger partial charge in [-0.15, -0.1) is 0 Å². The topological polar surface area (TPSA) is 51.5 Å². The minimum atomic E-state index is -0.0587. The zero-order valence-corrected chi connectivity index (χ0v) is 12.8. The molecule has 112 valence electrons. The third kappa shape index (κ3) is 5.19. The van der Waals surface area contributed by atoms with Gasteiger partial charge in [-0.3, -0.25) is 4.79 Å². The van der Waals surface area contributed by atoms with E-state index in [0.29, 0.717) is 18.7 Å². The van der Waals surface area contributed by atoms with E-state index in [2.05, 4.69) is 5.32 Å². The molecule has 0 unspecified atom stereocenters. The Hall–Kier alpha value is -1.88. The highest BCUT2D eigenvalue weighted by molar-refractivity contribution is 7.98. The smallest absolute Gasteiger partial charge is 0.251 e. The van der Waals surface area contributed by atoms with Crippen LogP contribution in [-0.4, -0.2) is 24.8 Å². The fraction of sp³-hybridized carbons (Fsp3) is 0.312. The second-order valence-electron chi connectivity index (χ2n) is 4.35. The normalized spacial score (nSPS) is 10.3. The molecule has 1 heterocycles. The Morgan fingerprint density at radius 3 is 2.76 bits per heavy atom. The molecule has 1 aromatic carbocycles. The van der Waals surface area contributed by atoms with Crippen molar-refractivity contribution in [3.8, 4) is 5.75 Å². The lowest BCUT2D eigenvalue weighted by Crippen LogP contribution is -2.25.